The van der Waals surface area contributed by atoms with Gasteiger partial charge in [0.05, 0.1) is 7.05 Å². The molecular formula is C8H10BF4N3. The molecule has 0 spiro atoms. The first-order valence-corrected chi connectivity index (χ1v) is 4.27. The van der Waals surface area contributed by atoms with Crippen LogP contribution in [0.4, 0.5) is 23.0 Å². The van der Waals surface area contributed by atoms with Gasteiger partial charge >= 0.3 is 12.3 Å². The summed E-state index contributed by atoms with van der Waals surface area (Å²) in [4.78, 5) is 0. The highest BCUT2D eigenvalue weighted by molar-refractivity contribution is 6.50. The van der Waals surface area contributed by atoms with Crippen LogP contribution in [-0.4, -0.2) is 14.3 Å². The number of benzene rings is 1. The van der Waals surface area contributed by atoms with E-state index in [1.165, 1.54) is 5.01 Å². The third kappa shape index (κ3) is 6.65. The number of hydrogen-bond acceptors (Lipinski definition) is 2. The second-order valence-corrected chi connectivity index (χ2v) is 2.89. The molecule has 1 aromatic rings. The second kappa shape index (κ2) is 5.95. The number of anilines is 1. The van der Waals surface area contributed by atoms with Crippen molar-refractivity contribution in [3.05, 3.63) is 34.9 Å². The molecular weight excluding hydrogens is 225 g/mol. The Hall–Kier alpha value is -1.78. The summed E-state index contributed by atoms with van der Waals surface area (Å²) in [5.74, 6) is 0. The number of rotatable bonds is 1. The van der Waals surface area contributed by atoms with Crippen molar-refractivity contribution in [2.24, 2.45) is 0 Å². The van der Waals surface area contributed by atoms with Gasteiger partial charge in [-0.25, -0.2) is 0 Å². The maximum atomic E-state index is 9.75. The molecule has 0 fully saturated rings. The smallest absolute Gasteiger partial charge is 0.418 e. The molecule has 3 nitrogen and oxygen atoms in total. The second-order valence-electron chi connectivity index (χ2n) is 2.89. The van der Waals surface area contributed by atoms with Crippen LogP contribution in [0.5, 0.6) is 0 Å². The van der Waals surface area contributed by atoms with Gasteiger partial charge in [-0.3, -0.25) is 0 Å². The number of halogens is 4. The average Bonchev–Trinajstić information content (AvgIpc) is 2.15. The van der Waals surface area contributed by atoms with Crippen molar-refractivity contribution in [3.8, 4) is 0 Å². The van der Waals surface area contributed by atoms with Crippen molar-refractivity contribution in [2.75, 3.05) is 12.1 Å². The normalized spacial score (nSPS) is 9.81. The van der Waals surface area contributed by atoms with E-state index in [1.807, 2.05) is 31.2 Å². The van der Waals surface area contributed by atoms with Crippen LogP contribution in [0.1, 0.15) is 5.56 Å². The molecule has 16 heavy (non-hydrogen) atoms. The Labute approximate surface area is 90.4 Å². The van der Waals surface area contributed by atoms with Gasteiger partial charge in [-0.15, -0.1) is 0 Å². The molecule has 0 aliphatic heterocycles. The van der Waals surface area contributed by atoms with Crippen LogP contribution >= 0.6 is 0 Å². The fraction of sp³-hybridized carbons (Fsp3) is 0.250. The first-order chi connectivity index (χ1) is 7.25. The number of para-hydroxylation sites is 1. The molecule has 0 bridgehead atoms. The van der Waals surface area contributed by atoms with Gasteiger partial charge in [0.15, 0.2) is 0 Å². The van der Waals surface area contributed by atoms with Gasteiger partial charge in [0.1, 0.15) is 5.69 Å². The highest BCUT2D eigenvalue weighted by Crippen LogP contribution is 2.17. The zero-order chi connectivity index (χ0) is 12.8. The molecule has 0 amide bonds. The van der Waals surface area contributed by atoms with Gasteiger partial charge in [0.2, 0.25) is 0 Å². The van der Waals surface area contributed by atoms with Gasteiger partial charge in [0.25, 0.3) is 5.39 Å². The molecule has 1 rings (SSSR count). The SMILES string of the molecule is Cc1ccccc1N(C)[N+]#N.F[B-](F)(F)F. The maximum absolute atomic E-state index is 9.75. The third-order valence-electron chi connectivity index (χ3n) is 1.60. The third-order valence-corrected chi connectivity index (χ3v) is 1.60. The lowest BCUT2D eigenvalue weighted by molar-refractivity contribution is 0.368. The van der Waals surface area contributed by atoms with E-state index in [-0.39, 0.29) is 0 Å². The van der Waals surface area contributed by atoms with E-state index in [4.69, 9.17) is 5.39 Å². The highest BCUT2D eigenvalue weighted by Gasteiger charge is 2.20. The molecule has 0 N–H and O–H groups in total. The van der Waals surface area contributed by atoms with Gasteiger partial charge in [-0.1, -0.05) is 18.2 Å². The minimum Gasteiger partial charge on any atom is -0.418 e. The maximum Gasteiger partial charge on any atom is 0.673 e. The van der Waals surface area contributed by atoms with E-state index < -0.39 is 7.25 Å². The molecule has 1 aromatic carbocycles. The van der Waals surface area contributed by atoms with Gasteiger partial charge < -0.3 is 17.3 Å². The molecule has 0 radical (unpaired) electrons. The minimum absolute atomic E-state index is 0.912. The Morgan fingerprint density at radius 2 is 1.62 bits per heavy atom. The van der Waals surface area contributed by atoms with Crippen molar-refractivity contribution < 1.29 is 17.3 Å². The standard InChI is InChI=1S/C8H10N3.BF4/c1-7-5-3-4-6-8(7)11(2)10-9;2-1(3,4)5/h3-6H,1-2H3;/q+1;-1. The quantitative estimate of drug-likeness (QED) is 0.323. The van der Waals surface area contributed by atoms with E-state index in [2.05, 4.69) is 5.08 Å². The van der Waals surface area contributed by atoms with Crippen molar-refractivity contribution in [1.29, 1.82) is 5.39 Å². The van der Waals surface area contributed by atoms with Gasteiger partial charge in [-0.2, -0.15) is 0 Å². The fourth-order valence-electron chi connectivity index (χ4n) is 0.975. The Kier molecular flexibility index (Phi) is 5.29. The van der Waals surface area contributed by atoms with E-state index in [1.54, 1.807) is 7.05 Å². The summed E-state index contributed by atoms with van der Waals surface area (Å²) in [6.07, 6.45) is 0. The summed E-state index contributed by atoms with van der Waals surface area (Å²) >= 11 is 0. The van der Waals surface area contributed by atoms with Crippen LogP contribution in [0, 0.1) is 12.3 Å². The van der Waals surface area contributed by atoms with Crippen LogP contribution in [0.25, 0.3) is 5.08 Å². The number of hydrogen-bond donors (Lipinski definition) is 0. The largest absolute Gasteiger partial charge is 0.673 e. The minimum atomic E-state index is -6.00. The van der Waals surface area contributed by atoms with Crippen LogP contribution in [0.3, 0.4) is 0 Å². The van der Waals surface area contributed by atoms with E-state index in [9.17, 15) is 17.3 Å². The highest BCUT2D eigenvalue weighted by atomic mass is 19.5. The zero-order valence-corrected chi connectivity index (χ0v) is 8.74. The van der Waals surface area contributed by atoms with Crippen LogP contribution in [0.2, 0.25) is 0 Å². The Morgan fingerprint density at radius 3 is 2.00 bits per heavy atom. The van der Waals surface area contributed by atoms with Crippen molar-refractivity contribution in [3.63, 3.8) is 0 Å². The predicted molar refractivity (Wildman–Crippen MR) is 54.9 cm³/mol. The summed E-state index contributed by atoms with van der Waals surface area (Å²) in [7, 11) is -4.30. The van der Waals surface area contributed by atoms with Crippen LogP contribution in [-0.2, 0) is 0 Å². The van der Waals surface area contributed by atoms with Crippen LogP contribution < -0.4 is 5.01 Å². The lowest BCUT2D eigenvalue weighted by Gasteiger charge is -2.00. The number of nitrogens with zero attached hydrogens (tertiary/aromatic N) is 3. The van der Waals surface area contributed by atoms with E-state index >= 15 is 0 Å². The van der Waals surface area contributed by atoms with Crippen molar-refractivity contribution in [2.45, 2.75) is 6.92 Å². The van der Waals surface area contributed by atoms with Gasteiger partial charge in [-0.05, 0) is 23.6 Å². The Bertz CT molecular complexity index is 368. The summed E-state index contributed by atoms with van der Waals surface area (Å²) in [6.45, 7) is 1.97. The molecule has 0 aliphatic rings. The van der Waals surface area contributed by atoms with E-state index in [0.29, 0.717) is 0 Å². The fourth-order valence-corrected chi connectivity index (χ4v) is 0.975. The molecule has 0 aromatic heterocycles. The number of diazo groups is 1. The molecule has 0 unspecified atom stereocenters. The molecule has 0 aliphatic carbocycles. The Morgan fingerprint density at radius 1 is 1.19 bits per heavy atom. The molecule has 0 saturated heterocycles. The molecule has 0 heterocycles. The van der Waals surface area contributed by atoms with Crippen molar-refractivity contribution >= 4 is 12.9 Å². The summed E-state index contributed by atoms with van der Waals surface area (Å²) < 4.78 is 39.0. The predicted octanol–water partition coefficient (Wildman–Crippen LogP) is 3.50. The summed E-state index contributed by atoms with van der Waals surface area (Å²) in [5, 5.41) is 12.9. The zero-order valence-electron chi connectivity index (χ0n) is 8.74. The molecule has 0 atom stereocenters. The monoisotopic (exact) mass is 235 g/mol. The molecule has 0 saturated carbocycles. The average molecular weight is 235 g/mol. The molecule has 8 heteroatoms. The lowest BCUT2D eigenvalue weighted by atomic mass is 10.2. The topological polar surface area (TPSA) is 31.4 Å². The number of aryl methyl sites for hydroxylation is 1. The first kappa shape index (κ1) is 14.2. The summed E-state index contributed by atoms with van der Waals surface area (Å²) in [5.41, 5.74) is 2.00. The van der Waals surface area contributed by atoms with Gasteiger partial charge in [0, 0.05) is 0 Å². The lowest BCUT2D eigenvalue weighted by Crippen LogP contribution is -2.05. The first-order valence-electron chi connectivity index (χ1n) is 4.27. The van der Waals surface area contributed by atoms with Crippen molar-refractivity contribution in [1.82, 2.24) is 0 Å². The Balaban J connectivity index is 0.000000385. The molecule has 88 valence electrons. The van der Waals surface area contributed by atoms with Crippen LogP contribution in [0.15, 0.2) is 24.3 Å². The summed E-state index contributed by atoms with van der Waals surface area (Å²) in [6, 6.07) is 7.72. The van der Waals surface area contributed by atoms with E-state index in [0.717, 1.165) is 11.3 Å².